The topological polar surface area (TPSA) is 66.8 Å². The molecule has 2 aliphatic rings. The molecule has 5 rings (SSSR count). The Labute approximate surface area is 178 Å². The summed E-state index contributed by atoms with van der Waals surface area (Å²) in [7, 11) is -2.60. The van der Waals surface area contributed by atoms with Crippen LogP contribution in [0.4, 0.5) is 0 Å². The lowest BCUT2D eigenvalue weighted by molar-refractivity contribution is 0.0255. The van der Waals surface area contributed by atoms with Gasteiger partial charge in [-0.15, -0.1) is 0 Å². The van der Waals surface area contributed by atoms with Crippen molar-refractivity contribution in [2.24, 2.45) is 0 Å². The number of halogens is 2. The minimum absolute atomic E-state index is 0.0431. The number of fused-ring (bicyclic) bond motifs is 6. The monoisotopic (exact) mass is 442 g/mol. The van der Waals surface area contributed by atoms with Gasteiger partial charge in [0.25, 0.3) is 0 Å². The van der Waals surface area contributed by atoms with E-state index in [1.54, 1.807) is 24.3 Å². The maximum atomic E-state index is 12.8. The molecule has 29 heavy (non-hydrogen) atoms. The predicted molar refractivity (Wildman–Crippen MR) is 115 cm³/mol. The summed E-state index contributed by atoms with van der Waals surface area (Å²) in [6.45, 7) is 4.10. The lowest BCUT2D eigenvalue weighted by atomic mass is 9.79. The molecule has 7 heteroatoms. The molecule has 2 heterocycles. The summed E-state index contributed by atoms with van der Waals surface area (Å²) in [6.07, 6.45) is 0. The smallest absolute Gasteiger partial charge is 0.340 e. The third-order valence-electron chi connectivity index (χ3n) is 6.02. The second kappa shape index (κ2) is 5.78. The fourth-order valence-electron chi connectivity index (χ4n) is 4.83. The second-order valence-electron chi connectivity index (χ2n) is 7.88. The number of ether oxygens (including phenoxy) is 1. The van der Waals surface area contributed by atoms with E-state index in [1.165, 1.54) is 12.1 Å². The van der Waals surface area contributed by atoms with Crippen molar-refractivity contribution < 1.29 is 19.7 Å². The number of carbonyl (C=O) groups is 1. The van der Waals surface area contributed by atoms with Crippen molar-refractivity contribution in [2.75, 3.05) is 0 Å². The number of benzene rings is 3. The van der Waals surface area contributed by atoms with Crippen LogP contribution in [-0.2, 0) is 10.3 Å². The first-order valence-corrected chi connectivity index (χ1v) is 12.8. The first-order chi connectivity index (χ1) is 13.7. The number of hydrogen-bond acceptors (Lipinski definition) is 4. The van der Waals surface area contributed by atoms with Crippen LogP contribution in [0.25, 0.3) is 0 Å². The summed E-state index contributed by atoms with van der Waals surface area (Å²) in [5.74, 6) is -0.524. The van der Waals surface area contributed by atoms with Crippen LogP contribution in [-0.4, -0.2) is 24.3 Å². The molecule has 0 unspecified atom stereocenters. The Kier molecular flexibility index (Phi) is 3.70. The van der Waals surface area contributed by atoms with Crippen LogP contribution in [0.2, 0.25) is 23.1 Å². The highest BCUT2D eigenvalue weighted by Gasteiger charge is 2.57. The van der Waals surface area contributed by atoms with Gasteiger partial charge < -0.3 is 14.9 Å². The Bertz CT molecular complexity index is 1170. The van der Waals surface area contributed by atoms with Crippen LogP contribution in [0.3, 0.4) is 0 Å². The predicted octanol–water partition coefficient (Wildman–Crippen LogP) is 4.00. The molecular formula is C22H16Cl2O4Si. The average molecular weight is 443 g/mol. The van der Waals surface area contributed by atoms with E-state index in [-0.39, 0.29) is 21.5 Å². The fourth-order valence-corrected chi connectivity index (χ4v) is 10.0. The highest BCUT2D eigenvalue weighted by atomic mass is 35.5. The molecule has 0 amide bonds. The van der Waals surface area contributed by atoms with E-state index in [0.717, 1.165) is 21.5 Å². The quantitative estimate of drug-likeness (QED) is 0.407. The normalized spacial score (nSPS) is 17.4. The van der Waals surface area contributed by atoms with Crippen LogP contribution in [0, 0.1) is 0 Å². The summed E-state index contributed by atoms with van der Waals surface area (Å²) >= 11 is 13.2. The third-order valence-corrected chi connectivity index (χ3v) is 10.6. The molecule has 0 aromatic heterocycles. The van der Waals surface area contributed by atoms with Crippen molar-refractivity contribution in [3.8, 4) is 11.5 Å². The van der Waals surface area contributed by atoms with Crippen molar-refractivity contribution in [2.45, 2.75) is 18.7 Å². The van der Waals surface area contributed by atoms with E-state index < -0.39 is 19.6 Å². The molecule has 0 saturated heterocycles. The Morgan fingerprint density at radius 2 is 1.34 bits per heavy atom. The first-order valence-electron chi connectivity index (χ1n) is 9.09. The summed E-state index contributed by atoms with van der Waals surface area (Å²) in [5.41, 5.74) is 1.38. The second-order valence-corrected chi connectivity index (χ2v) is 12.9. The molecule has 0 fully saturated rings. The molecule has 146 valence electrons. The van der Waals surface area contributed by atoms with Crippen molar-refractivity contribution in [1.82, 2.24) is 0 Å². The molecule has 2 N–H and O–H groups in total. The Balaban J connectivity index is 2.03. The highest BCUT2D eigenvalue weighted by Crippen LogP contribution is 2.51. The Morgan fingerprint density at radius 1 is 0.828 bits per heavy atom. The minimum atomic E-state index is -2.60. The van der Waals surface area contributed by atoms with Crippen LogP contribution in [0.15, 0.2) is 48.5 Å². The van der Waals surface area contributed by atoms with Gasteiger partial charge in [-0.2, -0.15) is 0 Å². The number of aromatic hydroxyl groups is 2. The zero-order valence-electron chi connectivity index (χ0n) is 15.6. The molecule has 4 nitrogen and oxygen atoms in total. The van der Waals surface area contributed by atoms with Crippen LogP contribution >= 0.6 is 23.2 Å². The maximum Gasteiger partial charge on any atom is 0.340 e. The number of hydrogen-bond donors (Lipinski definition) is 2. The molecule has 0 aliphatic carbocycles. The zero-order valence-corrected chi connectivity index (χ0v) is 18.1. The van der Waals surface area contributed by atoms with Gasteiger partial charge in [0.1, 0.15) is 19.6 Å². The van der Waals surface area contributed by atoms with Crippen molar-refractivity contribution in [1.29, 1.82) is 0 Å². The van der Waals surface area contributed by atoms with Crippen molar-refractivity contribution in [3.63, 3.8) is 0 Å². The highest BCUT2D eigenvalue weighted by molar-refractivity contribution is 7.03. The Morgan fingerprint density at radius 3 is 1.90 bits per heavy atom. The maximum absolute atomic E-state index is 12.8. The molecule has 0 atom stereocenters. The number of carbonyl (C=O) groups excluding carboxylic acids is 1. The van der Waals surface area contributed by atoms with Gasteiger partial charge in [-0.25, -0.2) is 4.79 Å². The van der Waals surface area contributed by atoms with Gasteiger partial charge in [-0.05, 0) is 28.6 Å². The van der Waals surface area contributed by atoms with E-state index in [1.807, 2.05) is 12.1 Å². The molecule has 0 radical (unpaired) electrons. The number of phenolic OH excluding ortho intramolecular Hbond substituents is 2. The molecule has 3 aromatic carbocycles. The van der Waals surface area contributed by atoms with Gasteiger partial charge in [0.05, 0.1) is 15.6 Å². The van der Waals surface area contributed by atoms with E-state index in [4.69, 9.17) is 27.9 Å². The van der Waals surface area contributed by atoms with E-state index in [9.17, 15) is 15.0 Å². The van der Waals surface area contributed by atoms with Gasteiger partial charge >= 0.3 is 5.97 Å². The first kappa shape index (κ1) is 18.5. The molecule has 0 bridgehead atoms. The molecule has 0 saturated carbocycles. The van der Waals surface area contributed by atoms with Crippen molar-refractivity contribution >= 4 is 47.6 Å². The van der Waals surface area contributed by atoms with E-state index in [0.29, 0.717) is 11.1 Å². The van der Waals surface area contributed by atoms with Gasteiger partial charge in [0, 0.05) is 16.7 Å². The van der Waals surface area contributed by atoms with Crippen LogP contribution < -0.4 is 10.4 Å². The fraction of sp³-hybridized carbons (Fsp3) is 0.136. The van der Waals surface area contributed by atoms with E-state index in [2.05, 4.69) is 13.1 Å². The lowest BCUT2D eigenvalue weighted by Crippen LogP contribution is -2.64. The Hall–Kier alpha value is -2.47. The van der Waals surface area contributed by atoms with Crippen molar-refractivity contribution in [3.05, 3.63) is 80.8 Å². The third kappa shape index (κ3) is 2.13. The van der Waals surface area contributed by atoms with Gasteiger partial charge in [-0.3, -0.25) is 0 Å². The molecule has 3 aromatic rings. The van der Waals surface area contributed by atoms with Crippen LogP contribution in [0.1, 0.15) is 27.0 Å². The summed E-state index contributed by atoms with van der Waals surface area (Å²) < 4.78 is 6.10. The number of esters is 1. The van der Waals surface area contributed by atoms with Gasteiger partial charge in [0.15, 0.2) is 5.60 Å². The summed E-state index contributed by atoms with van der Waals surface area (Å²) in [6, 6.07) is 13.8. The number of rotatable bonds is 0. The lowest BCUT2D eigenvalue weighted by Gasteiger charge is -2.44. The average Bonchev–Trinajstić information content (AvgIpc) is 2.98. The summed E-state index contributed by atoms with van der Waals surface area (Å²) in [4.78, 5) is 12.8. The standard InChI is InChI=1S/C22H16Cl2O4Si/c1-29(2)19-13(7-9-15(25)17(19)23)22(14-8-10-16(26)18(24)20(14)29)12-6-4-3-5-11(12)21(27)28-22/h3-10,25-26H,1-2H3. The molecule has 2 aliphatic heterocycles. The van der Waals surface area contributed by atoms with Gasteiger partial charge in [0.2, 0.25) is 0 Å². The summed E-state index contributed by atoms with van der Waals surface area (Å²) in [5, 5.41) is 22.6. The van der Waals surface area contributed by atoms with Gasteiger partial charge in [-0.1, -0.05) is 66.6 Å². The van der Waals surface area contributed by atoms with Crippen LogP contribution in [0.5, 0.6) is 11.5 Å². The largest absolute Gasteiger partial charge is 0.506 e. The zero-order chi connectivity index (χ0) is 20.7. The van der Waals surface area contributed by atoms with E-state index >= 15 is 0 Å². The molecule has 1 spiro atoms. The molecular weight excluding hydrogens is 427 g/mol. The minimum Gasteiger partial charge on any atom is -0.506 e. The SMILES string of the molecule is C[Si]1(C)c2c(ccc(O)c2Cl)C2(OC(=O)c3ccccc32)c2ccc(O)c(Cl)c21. The number of phenols is 2.